The number of carbonyl (C=O) groups is 2. The zero-order valence-electron chi connectivity index (χ0n) is 16.4. The molecule has 1 aliphatic carbocycles. The maximum absolute atomic E-state index is 13.6. The molecule has 1 fully saturated rings. The Balaban J connectivity index is 1.56. The number of methoxy groups -OCH3 is 1. The molecule has 4 aliphatic rings. The van der Waals surface area contributed by atoms with Gasteiger partial charge in [-0.05, 0) is 35.8 Å². The van der Waals surface area contributed by atoms with Crippen molar-refractivity contribution in [1.29, 1.82) is 0 Å². The fourth-order valence-electron chi connectivity index (χ4n) is 5.08. The summed E-state index contributed by atoms with van der Waals surface area (Å²) in [7, 11) is 1.61. The highest BCUT2D eigenvalue weighted by Crippen LogP contribution is 2.55. The van der Waals surface area contributed by atoms with Gasteiger partial charge in [-0.15, -0.1) is 0 Å². The Bertz CT molecular complexity index is 1040. The minimum Gasteiger partial charge on any atom is -0.497 e. The number of ether oxygens (including phenoxy) is 1. The third kappa shape index (κ3) is 2.43. The minimum absolute atomic E-state index is 0.0296. The molecule has 0 aromatic heterocycles. The van der Waals surface area contributed by atoms with Crippen molar-refractivity contribution in [2.45, 2.75) is 24.9 Å². The zero-order valence-corrected chi connectivity index (χ0v) is 16.4. The number of carbonyl (C=O) groups excluding carboxylic acids is 2. The number of likely N-dealkylation sites (tertiary alicyclic amines) is 1. The molecule has 6 rings (SSSR count). The van der Waals surface area contributed by atoms with Crippen molar-refractivity contribution < 1.29 is 14.3 Å². The van der Waals surface area contributed by atoms with Gasteiger partial charge in [0.05, 0.1) is 19.6 Å². The largest absolute Gasteiger partial charge is 0.497 e. The van der Waals surface area contributed by atoms with Crippen LogP contribution >= 0.6 is 0 Å². The third-order valence-corrected chi connectivity index (χ3v) is 6.51. The maximum Gasteiger partial charge on any atom is 0.262 e. The number of hydrogen-bond acceptors (Lipinski definition) is 4. The van der Waals surface area contributed by atoms with Crippen molar-refractivity contribution in [2.75, 3.05) is 7.11 Å². The Hall–Kier alpha value is -3.21. The number of benzene rings is 2. The monoisotopic (exact) mass is 386 g/mol. The van der Waals surface area contributed by atoms with Gasteiger partial charge in [-0.25, -0.2) is 0 Å². The minimum atomic E-state index is -1.10. The van der Waals surface area contributed by atoms with Crippen LogP contribution < -0.4 is 4.74 Å². The van der Waals surface area contributed by atoms with Gasteiger partial charge >= 0.3 is 0 Å². The molecule has 1 spiro atoms. The van der Waals surface area contributed by atoms with Crippen molar-refractivity contribution in [3.8, 4) is 5.75 Å². The van der Waals surface area contributed by atoms with Gasteiger partial charge in [0.15, 0.2) is 5.54 Å². The number of imide groups is 1. The van der Waals surface area contributed by atoms with Crippen molar-refractivity contribution in [1.82, 2.24) is 4.90 Å². The van der Waals surface area contributed by atoms with Crippen LogP contribution in [-0.2, 0) is 16.1 Å². The molecule has 146 valence electrons. The van der Waals surface area contributed by atoms with Crippen LogP contribution in [0.3, 0.4) is 0 Å². The summed E-state index contributed by atoms with van der Waals surface area (Å²) in [6.45, 7) is 2.18. The lowest BCUT2D eigenvalue weighted by atomic mass is 9.60. The molecule has 2 aromatic rings. The molecule has 2 bridgehead atoms. The van der Waals surface area contributed by atoms with E-state index in [0.29, 0.717) is 0 Å². The van der Waals surface area contributed by atoms with Crippen LogP contribution in [0.15, 0.2) is 71.2 Å². The van der Waals surface area contributed by atoms with Crippen molar-refractivity contribution in [3.05, 3.63) is 77.4 Å². The van der Waals surface area contributed by atoms with E-state index >= 15 is 0 Å². The molecule has 29 heavy (non-hydrogen) atoms. The number of rotatable bonds is 4. The number of hydrogen-bond donors (Lipinski definition) is 0. The summed E-state index contributed by atoms with van der Waals surface area (Å²) < 4.78 is 5.20. The van der Waals surface area contributed by atoms with Crippen LogP contribution in [0.25, 0.3) is 0 Å². The molecule has 4 unspecified atom stereocenters. The van der Waals surface area contributed by atoms with Crippen LogP contribution in [0, 0.1) is 11.8 Å². The van der Waals surface area contributed by atoms with Gasteiger partial charge in [-0.2, -0.15) is 0 Å². The lowest BCUT2D eigenvalue weighted by molar-refractivity contribution is -0.140. The van der Waals surface area contributed by atoms with E-state index in [4.69, 9.17) is 4.74 Å². The van der Waals surface area contributed by atoms with E-state index in [-0.39, 0.29) is 30.2 Å². The first-order valence-electron chi connectivity index (χ1n) is 9.84. The SMILES string of the molecule is COc1ccc(CN2C(=O)C3C(c4ccccc4)C4C=NC3(C2=O)C(C)=C4)cc1. The van der Waals surface area contributed by atoms with Crippen LogP contribution in [0.4, 0.5) is 0 Å². The van der Waals surface area contributed by atoms with Crippen molar-refractivity contribution in [2.24, 2.45) is 16.8 Å². The van der Waals surface area contributed by atoms with Gasteiger partial charge in [-0.1, -0.05) is 48.5 Å². The molecular weight excluding hydrogens is 364 g/mol. The van der Waals surface area contributed by atoms with Crippen LogP contribution in [0.1, 0.15) is 24.0 Å². The van der Waals surface area contributed by atoms with E-state index in [1.54, 1.807) is 7.11 Å². The number of aliphatic imine (C=N–C) groups is 1. The first kappa shape index (κ1) is 17.9. The number of dihydropyridines is 1. The van der Waals surface area contributed by atoms with Gasteiger partial charge in [0.1, 0.15) is 5.75 Å². The Morgan fingerprint density at radius 2 is 1.79 bits per heavy atom. The second-order valence-corrected chi connectivity index (χ2v) is 7.96. The second kappa shape index (κ2) is 6.41. The average Bonchev–Trinajstić information content (AvgIpc) is 2.97. The van der Waals surface area contributed by atoms with E-state index in [9.17, 15) is 9.59 Å². The smallest absolute Gasteiger partial charge is 0.262 e. The molecular formula is C24H22N2O3. The summed E-state index contributed by atoms with van der Waals surface area (Å²) >= 11 is 0. The summed E-state index contributed by atoms with van der Waals surface area (Å²) in [5.41, 5.74) is 1.75. The van der Waals surface area contributed by atoms with Gasteiger partial charge < -0.3 is 4.74 Å². The summed E-state index contributed by atoms with van der Waals surface area (Å²) in [6, 6.07) is 17.5. The standard InChI is InChI=1S/C24H22N2O3/c1-15-12-18-13-25-24(15)21(20(18)17-6-4-3-5-7-17)22(27)26(23(24)28)14-16-8-10-19(29-2)11-9-16/h3-13,18,20-21H,14H2,1-2H3. The van der Waals surface area contributed by atoms with E-state index in [0.717, 1.165) is 22.4 Å². The number of nitrogens with zero attached hydrogens (tertiary/aromatic N) is 2. The van der Waals surface area contributed by atoms with Gasteiger partial charge in [-0.3, -0.25) is 19.5 Å². The van der Waals surface area contributed by atoms with Crippen molar-refractivity contribution >= 4 is 18.0 Å². The van der Waals surface area contributed by atoms with Crippen molar-refractivity contribution in [3.63, 3.8) is 0 Å². The lowest BCUT2D eigenvalue weighted by Crippen LogP contribution is -2.52. The highest BCUT2D eigenvalue weighted by atomic mass is 16.5. The summed E-state index contributed by atoms with van der Waals surface area (Å²) in [5, 5.41) is 0. The molecule has 2 amide bonds. The Kier molecular flexibility index (Phi) is 3.95. The molecule has 3 heterocycles. The fourth-order valence-corrected chi connectivity index (χ4v) is 5.08. The normalized spacial score (nSPS) is 29.8. The summed E-state index contributed by atoms with van der Waals surface area (Å²) in [4.78, 5) is 33.2. The molecule has 0 saturated carbocycles. The van der Waals surface area contributed by atoms with Gasteiger partial charge in [0.25, 0.3) is 5.91 Å². The zero-order chi connectivity index (χ0) is 20.2. The predicted molar refractivity (Wildman–Crippen MR) is 110 cm³/mol. The molecule has 5 nitrogen and oxygen atoms in total. The quantitative estimate of drug-likeness (QED) is 0.598. The highest BCUT2D eigenvalue weighted by Gasteiger charge is 2.67. The van der Waals surface area contributed by atoms with Crippen LogP contribution in [0.5, 0.6) is 5.75 Å². The Morgan fingerprint density at radius 1 is 1.07 bits per heavy atom. The topological polar surface area (TPSA) is 59.0 Å². The number of allylic oxidation sites excluding steroid dienone is 1. The lowest BCUT2D eigenvalue weighted by Gasteiger charge is -2.44. The second-order valence-electron chi connectivity index (χ2n) is 7.96. The summed E-state index contributed by atoms with van der Waals surface area (Å²) in [6.07, 6.45) is 3.98. The summed E-state index contributed by atoms with van der Waals surface area (Å²) in [5.74, 6) is -0.139. The Morgan fingerprint density at radius 3 is 2.45 bits per heavy atom. The first-order valence-corrected chi connectivity index (χ1v) is 9.84. The molecule has 3 aliphatic heterocycles. The van der Waals surface area contributed by atoms with Gasteiger partial charge in [0.2, 0.25) is 5.91 Å². The van der Waals surface area contributed by atoms with E-state index in [1.165, 1.54) is 4.90 Å². The third-order valence-electron chi connectivity index (χ3n) is 6.51. The molecule has 5 heteroatoms. The van der Waals surface area contributed by atoms with Gasteiger partial charge in [0, 0.05) is 18.1 Å². The fraction of sp³-hybridized carbons (Fsp3) is 0.292. The highest BCUT2D eigenvalue weighted by molar-refractivity contribution is 6.14. The van der Waals surface area contributed by atoms with Crippen LogP contribution in [0.2, 0.25) is 0 Å². The molecule has 0 radical (unpaired) electrons. The first-order chi connectivity index (χ1) is 14.1. The predicted octanol–water partition coefficient (Wildman–Crippen LogP) is 3.36. The molecule has 4 atom stereocenters. The van der Waals surface area contributed by atoms with E-state index in [2.05, 4.69) is 11.1 Å². The molecule has 1 saturated heterocycles. The Labute approximate surface area is 169 Å². The van der Waals surface area contributed by atoms with Crippen LogP contribution in [-0.4, -0.2) is 35.6 Å². The van der Waals surface area contributed by atoms with E-state index in [1.807, 2.05) is 67.7 Å². The molecule has 2 aromatic carbocycles. The maximum atomic E-state index is 13.6. The molecule has 0 N–H and O–H groups in total. The average molecular weight is 386 g/mol. The number of amides is 2. The van der Waals surface area contributed by atoms with E-state index < -0.39 is 11.5 Å².